The van der Waals surface area contributed by atoms with Gasteiger partial charge in [-0.3, -0.25) is 4.79 Å². The van der Waals surface area contributed by atoms with E-state index in [1.807, 2.05) is 32.9 Å². The van der Waals surface area contributed by atoms with Crippen molar-refractivity contribution in [3.8, 4) is 0 Å². The van der Waals surface area contributed by atoms with Gasteiger partial charge in [0.2, 0.25) is 10.0 Å². The quantitative estimate of drug-likeness (QED) is 0.828. The van der Waals surface area contributed by atoms with Crippen LogP contribution in [0.25, 0.3) is 0 Å². The third-order valence-electron chi connectivity index (χ3n) is 5.54. The third kappa shape index (κ3) is 4.13. The van der Waals surface area contributed by atoms with Gasteiger partial charge in [-0.05, 0) is 74.9 Å². The fourth-order valence-corrected chi connectivity index (χ4v) is 5.02. The monoisotopic (exact) mass is 400 g/mol. The maximum Gasteiger partial charge on any atom is 0.252 e. The van der Waals surface area contributed by atoms with Crippen molar-refractivity contribution in [3.05, 3.63) is 64.2 Å². The summed E-state index contributed by atoms with van der Waals surface area (Å²) >= 11 is 0. The standard InChI is InChI=1S/C22H28N2O3S/c1-15-7-9-19(13-17(15)3)18(4)23-22(25)21-14-20(10-8-16(21)2)28(26,27)24-11-5-6-12-24/h7-10,13-14,18H,5-6,11-12H2,1-4H3,(H,23,25)/t18-/m0/s1. The maximum absolute atomic E-state index is 12.9. The van der Waals surface area contributed by atoms with Gasteiger partial charge in [0.05, 0.1) is 10.9 Å². The molecule has 2 aromatic carbocycles. The lowest BCUT2D eigenvalue weighted by molar-refractivity contribution is 0.0939. The molecule has 1 amide bonds. The van der Waals surface area contributed by atoms with Crippen LogP contribution in [0.15, 0.2) is 41.3 Å². The lowest BCUT2D eigenvalue weighted by Gasteiger charge is -2.19. The fourth-order valence-electron chi connectivity index (χ4n) is 3.48. The third-order valence-corrected chi connectivity index (χ3v) is 7.43. The van der Waals surface area contributed by atoms with Gasteiger partial charge in [-0.2, -0.15) is 4.31 Å². The molecule has 1 N–H and O–H groups in total. The van der Waals surface area contributed by atoms with Gasteiger partial charge in [0.25, 0.3) is 5.91 Å². The predicted octanol–water partition coefficient (Wildman–Crippen LogP) is 3.89. The van der Waals surface area contributed by atoms with Crippen LogP contribution in [0, 0.1) is 20.8 Å². The highest BCUT2D eigenvalue weighted by Gasteiger charge is 2.28. The molecule has 150 valence electrons. The number of carbonyl (C=O) groups is 1. The number of carbonyl (C=O) groups excluding carboxylic acids is 1. The smallest absolute Gasteiger partial charge is 0.252 e. The highest BCUT2D eigenvalue weighted by atomic mass is 32.2. The predicted molar refractivity (Wildman–Crippen MR) is 111 cm³/mol. The molecule has 0 radical (unpaired) electrons. The van der Waals surface area contributed by atoms with Crippen molar-refractivity contribution >= 4 is 15.9 Å². The number of hydrogen-bond acceptors (Lipinski definition) is 3. The van der Waals surface area contributed by atoms with Crippen molar-refractivity contribution in [2.75, 3.05) is 13.1 Å². The largest absolute Gasteiger partial charge is 0.346 e. The Hall–Kier alpha value is -2.18. The molecule has 3 rings (SSSR count). The van der Waals surface area contributed by atoms with Gasteiger partial charge in [-0.1, -0.05) is 24.3 Å². The molecule has 0 unspecified atom stereocenters. The second-order valence-corrected chi connectivity index (χ2v) is 9.56. The van der Waals surface area contributed by atoms with E-state index in [1.165, 1.54) is 21.5 Å². The van der Waals surface area contributed by atoms with E-state index in [2.05, 4.69) is 18.3 Å². The summed E-state index contributed by atoms with van der Waals surface area (Å²) in [5.41, 5.74) is 4.56. The first-order valence-corrected chi connectivity index (χ1v) is 11.1. The van der Waals surface area contributed by atoms with Gasteiger partial charge < -0.3 is 5.32 Å². The van der Waals surface area contributed by atoms with E-state index in [0.717, 1.165) is 24.0 Å². The molecule has 6 heteroatoms. The summed E-state index contributed by atoms with van der Waals surface area (Å²) in [6, 6.07) is 10.7. The first-order chi connectivity index (χ1) is 13.2. The van der Waals surface area contributed by atoms with E-state index < -0.39 is 10.0 Å². The average molecular weight is 401 g/mol. The van der Waals surface area contributed by atoms with E-state index in [9.17, 15) is 13.2 Å². The molecule has 1 saturated heterocycles. The van der Waals surface area contributed by atoms with Crippen LogP contribution in [0.1, 0.15) is 58.4 Å². The van der Waals surface area contributed by atoms with Crippen LogP contribution in [-0.2, 0) is 10.0 Å². The van der Waals surface area contributed by atoms with Gasteiger partial charge in [-0.15, -0.1) is 0 Å². The molecule has 0 aromatic heterocycles. The molecule has 1 aliphatic heterocycles. The number of nitrogens with zero attached hydrogens (tertiary/aromatic N) is 1. The van der Waals surface area contributed by atoms with Crippen molar-refractivity contribution in [3.63, 3.8) is 0 Å². The summed E-state index contributed by atoms with van der Waals surface area (Å²) in [6.07, 6.45) is 1.76. The van der Waals surface area contributed by atoms with Crippen molar-refractivity contribution in [2.24, 2.45) is 0 Å². The Kier molecular flexibility index (Phi) is 5.91. The minimum atomic E-state index is -3.55. The molecule has 0 bridgehead atoms. The van der Waals surface area contributed by atoms with Crippen LogP contribution in [0.3, 0.4) is 0 Å². The van der Waals surface area contributed by atoms with Crippen LogP contribution in [0.4, 0.5) is 0 Å². The molecule has 1 aliphatic rings. The molecule has 1 heterocycles. The zero-order chi connectivity index (χ0) is 20.5. The highest BCUT2D eigenvalue weighted by molar-refractivity contribution is 7.89. The Morgan fingerprint density at radius 1 is 0.964 bits per heavy atom. The number of sulfonamides is 1. The summed E-state index contributed by atoms with van der Waals surface area (Å²) in [7, 11) is -3.55. The van der Waals surface area contributed by atoms with E-state index in [1.54, 1.807) is 12.1 Å². The Bertz CT molecular complexity index is 993. The normalized spacial score (nSPS) is 16.1. The second kappa shape index (κ2) is 8.05. The van der Waals surface area contributed by atoms with E-state index in [0.29, 0.717) is 18.7 Å². The van der Waals surface area contributed by atoms with Crippen LogP contribution >= 0.6 is 0 Å². The Balaban J connectivity index is 1.84. The first kappa shape index (κ1) is 20.6. The lowest BCUT2D eigenvalue weighted by Crippen LogP contribution is -2.29. The Labute approximate surface area is 167 Å². The van der Waals surface area contributed by atoms with Gasteiger partial charge in [-0.25, -0.2) is 8.42 Å². The molecular weight excluding hydrogens is 372 g/mol. The van der Waals surface area contributed by atoms with E-state index >= 15 is 0 Å². The molecule has 1 fully saturated rings. The van der Waals surface area contributed by atoms with Gasteiger partial charge >= 0.3 is 0 Å². The van der Waals surface area contributed by atoms with Crippen LogP contribution < -0.4 is 5.32 Å². The SMILES string of the molecule is Cc1ccc([C@H](C)NC(=O)c2cc(S(=O)(=O)N3CCCC3)ccc2C)cc1C. The number of benzene rings is 2. The molecule has 0 spiro atoms. The zero-order valence-electron chi connectivity index (χ0n) is 17.0. The number of hydrogen-bond donors (Lipinski definition) is 1. The van der Waals surface area contributed by atoms with Gasteiger partial charge in [0.1, 0.15) is 0 Å². The minimum absolute atomic E-state index is 0.176. The minimum Gasteiger partial charge on any atom is -0.346 e. The van der Waals surface area contributed by atoms with Crippen molar-refractivity contribution in [1.82, 2.24) is 9.62 Å². The summed E-state index contributed by atoms with van der Waals surface area (Å²) in [5, 5.41) is 3.00. The molecular formula is C22H28N2O3S. The number of rotatable bonds is 5. The first-order valence-electron chi connectivity index (χ1n) is 9.69. The molecule has 5 nitrogen and oxygen atoms in total. The van der Waals surface area contributed by atoms with Gasteiger partial charge in [0, 0.05) is 18.7 Å². The summed E-state index contributed by atoms with van der Waals surface area (Å²) in [4.78, 5) is 13.1. The average Bonchev–Trinajstić information content (AvgIpc) is 3.19. The summed E-state index contributed by atoms with van der Waals surface area (Å²) in [5.74, 6) is -0.262. The van der Waals surface area contributed by atoms with E-state index in [4.69, 9.17) is 0 Å². The lowest BCUT2D eigenvalue weighted by atomic mass is 10.0. The number of nitrogens with one attached hydrogen (secondary N) is 1. The van der Waals surface area contributed by atoms with Crippen molar-refractivity contribution < 1.29 is 13.2 Å². The molecule has 28 heavy (non-hydrogen) atoms. The summed E-state index contributed by atoms with van der Waals surface area (Å²) in [6.45, 7) is 8.94. The van der Waals surface area contributed by atoms with Crippen LogP contribution in [-0.4, -0.2) is 31.7 Å². The molecule has 1 atom stereocenters. The molecule has 0 aliphatic carbocycles. The zero-order valence-corrected chi connectivity index (χ0v) is 17.8. The molecule has 0 saturated carbocycles. The van der Waals surface area contributed by atoms with Gasteiger partial charge in [0.15, 0.2) is 0 Å². The Morgan fingerprint density at radius 2 is 1.61 bits per heavy atom. The Morgan fingerprint density at radius 3 is 2.25 bits per heavy atom. The van der Waals surface area contributed by atoms with E-state index in [-0.39, 0.29) is 16.8 Å². The summed E-state index contributed by atoms with van der Waals surface area (Å²) < 4.78 is 27.2. The maximum atomic E-state index is 12.9. The number of aryl methyl sites for hydroxylation is 3. The van der Waals surface area contributed by atoms with Crippen molar-refractivity contribution in [2.45, 2.75) is 51.5 Å². The molecule has 2 aromatic rings. The highest BCUT2D eigenvalue weighted by Crippen LogP contribution is 2.24. The van der Waals surface area contributed by atoms with Crippen LogP contribution in [0.5, 0.6) is 0 Å². The number of amides is 1. The van der Waals surface area contributed by atoms with Crippen LogP contribution in [0.2, 0.25) is 0 Å². The topological polar surface area (TPSA) is 66.5 Å². The second-order valence-electron chi connectivity index (χ2n) is 7.63. The fraction of sp³-hybridized carbons (Fsp3) is 0.409. The van der Waals surface area contributed by atoms with Crippen molar-refractivity contribution in [1.29, 1.82) is 0 Å².